The van der Waals surface area contributed by atoms with Crippen molar-refractivity contribution in [1.82, 2.24) is 10.3 Å². The molecule has 3 N–H and O–H groups in total. The Bertz CT molecular complexity index is 434. The van der Waals surface area contributed by atoms with Crippen LogP contribution >= 0.6 is 0 Å². The summed E-state index contributed by atoms with van der Waals surface area (Å²) in [5, 5.41) is 13.6. The number of hydrogen-bond acceptors (Lipinski definition) is 2. The number of aromatic amines is 1. The molecule has 0 aliphatic carbocycles. The van der Waals surface area contributed by atoms with Crippen LogP contribution in [0.25, 0.3) is 10.9 Å². The molecule has 3 nitrogen and oxygen atoms in total. The summed E-state index contributed by atoms with van der Waals surface area (Å²) in [7, 11) is 0. The highest BCUT2D eigenvalue weighted by atomic mass is 16.3. The zero-order valence-electron chi connectivity index (χ0n) is 8.83. The predicted molar refractivity (Wildman–Crippen MR) is 61.7 cm³/mol. The van der Waals surface area contributed by atoms with Gasteiger partial charge in [-0.05, 0) is 23.9 Å². The molecule has 2 aromatic rings. The van der Waals surface area contributed by atoms with Gasteiger partial charge >= 0.3 is 0 Å². The second kappa shape index (κ2) is 4.47. The number of fused-ring (bicyclic) bond motifs is 1. The fraction of sp³-hybridized carbons (Fsp3) is 0.333. The Kier molecular flexibility index (Phi) is 3.04. The second-order valence-corrected chi connectivity index (χ2v) is 3.84. The normalized spacial score (nSPS) is 13.2. The minimum atomic E-state index is -0.298. The van der Waals surface area contributed by atoms with Gasteiger partial charge in [-0.1, -0.05) is 18.2 Å². The van der Waals surface area contributed by atoms with Crippen LogP contribution in [0.15, 0.2) is 30.5 Å². The van der Waals surface area contributed by atoms with E-state index < -0.39 is 0 Å². The predicted octanol–water partition coefficient (Wildman–Crippen LogP) is 1.64. The van der Waals surface area contributed by atoms with Gasteiger partial charge in [0.05, 0.1) is 6.10 Å². The summed E-state index contributed by atoms with van der Waals surface area (Å²) < 4.78 is 0. The average molecular weight is 204 g/mol. The molecule has 0 spiro atoms. The first-order chi connectivity index (χ1) is 7.27. The van der Waals surface area contributed by atoms with Crippen molar-refractivity contribution >= 4 is 10.9 Å². The van der Waals surface area contributed by atoms with Gasteiger partial charge in [0.1, 0.15) is 0 Å². The van der Waals surface area contributed by atoms with Crippen LogP contribution in [0.4, 0.5) is 0 Å². The summed E-state index contributed by atoms with van der Waals surface area (Å²) in [6.07, 6.45) is 1.65. The molecule has 0 radical (unpaired) electrons. The summed E-state index contributed by atoms with van der Waals surface area (Å²) in [5.41, 5.74) is 2.41. The van der Waals surface area contributed by atoms with E-state index in [-0.39, 0.29) is 6.10 Å². The number of hydrogen-bond donors (Lipinski definition) is 3. The van der Waals surface area contributed by atoms with E-state index in [9.17, 15) is 0 Å². The Morgan fingerprint density at radius 1 is 1.40 bits per heavy atom. The van der Waals surface area contributed by atoms with Crippen LogP contribution in [0.1, 0.15) is 12.5 Å². The van der Waals surface area contributed by atoms with Crippen molar-refractivity contribution in [2.75, 3.05) is 6.54 Å². The molecule has 3 heteroatoms. The van der Waals surface area contributed by atoms with Crippen LogP contribution in [-0.2, 0) is 6.54 Å². The molecule has 0 amide bonds. The quantitative estimate of drug-likeness (QED) is 0.709. The van der Waals surface area contributed by atoms with Crippen LogP contribution < -0.4 is 5.32 Å². The maximum atomic E-state index is 9.13. The number of aliphatic hydroxyl groups is 1. The second-order valence-electron chi connectivity index (χ2n) is 3.84. The van der Waals surface area contributed by atoms with Crippen molar-refractivity contribution in [3.63, 3.8) is 0 Å². The summed E-state index contributed by atoms with van der Waals surface area (Å²) in [4.78, 5) is 3.22. The molecule has 2 rings (SSSR count). The van der Waals surface area contributed by atoms with Crippen LogP contribution in [-0.4, -0.2) is 22.7 Å². The Balaban J connectivity index is 2.10. The van der Waals surface area contributed by atoms with Gasteiger partial charge in [0, 0.05) is 24.8 Å². The smallest absolute Gasteiger partial charge is 0.0636 e. The van der Waals surface area contributed by atoms with Gasteiger partial charge in [-0.25, -0.2) is 0 Å². The van der Waals surface area contributed by atoms with Crippen LogP contribution in [0, 0.1) is 0 Å². The number of para-hydroxylation sites is 1. The summed E-state index contributed by atoms with van der Waals surface area (Å²) >= 11 is 0. The fourth-order valence-corrected chi connectivity index (χ4v) is 1.71. The third kappa shape index (κ3) is 2.37. The van der Waals surface area contributed by atoms with Crippen molar-refractivity contribution in [3.05, 3.63) is 36.0 Å². The van der Waals surface area contributed by atoms with Gasteiger partial charge in [-0.2, -0.15) is 0 Å². The van der Waals surface area contributed by atoms with E-state index in [2.05, 4.69) is 34.6 Å². The minimum absolute atomic E-state index is 0.298. The highest BCUT2D eigenvalue weighted by molar-refractivity contribution is 5.82. The molecule has 0 saturated carbocycles. The Morgan fingerprint density at radius 3 is 3.07 bits per heavy atom. The molecule has 80 valence electrons. The van der Waals surface area contributed by atoms with Gasteiger partial charge in [-0.3, -0.25) is 0 Å². The fourth-order valence-electron chi connectivity index (χ4n) is 1.71. The van der Waals surface area contributed by atoms with Gasteiger partial charge in [-0.15, -0.1) is 0 Å². The third-order valence-electron chi connectivity index (χ3n) is 2.43. The zero-order chi connectivity index (χ0) is 10.7. The molecule has 1 atom stereocenters. The first-order valence-electron chi connectivity index (χ1n) is 5.21. The van der Waals surface area contributed by atoms with Gasteiger partial charge in [0.15, 0.2) is 0 Å². The number of H-pyrrole nitrogens is 1. The number of rotatable bonds is 4. The first kappa shape index (κ1) is 10.2. The van der Waals surface area contributed by atoms with Crippen molar-refractivity contribution in [2.24, 2.45) is 0 Å². The molecule has 1 heterocycles. The van der Waals surface area contributed by atoms with E-state index in [0.29, 0.717) is 6.54 Å². The molecule has 0 fully saturated rings. The Morgan fingerprint density at radius 2 is 2.27 bits per heavy atom. The maximum Gasteiger partial charge on any atom is 0.0636 e. The van der Waals surface area contributed by atoms with Crippen molar-refractivity contribution in [2.45, 2.75) is 19.6 Å². The SMILES string of the molecule is C[C@@H](O)CNCc1cccc2cc[nH]c12. The third-order valence-corrected chi connectivity index (χ3v) is 2.43. The van der Waals surface area contributed by atoms with E-state index in [1.54, 1.807) is 6.92 Å². The standard InChI is InChI=1S/C12H16N2O/c1-9(15)7-13-8-11-4-2-3-10-5-6-14-12(10)11/h2-6,9,13-15H,7-8H2,1H3/t9-/m1/s1. The van der Waals surface area contributed by atoms with Crippen LogP contribution in [0.3, 0.4) is 0 Å². The lowest BCUT2D eigenvalue weighted by molar-refractivity contribution is 0.191. The molecule has 0 aliphatic rings. The van der Waals surface area contributed by atoms with E-state index in [4.69, 9.17) is 5.11 Å². The lowest BCUT2D eigenvalue weighted by Gasteiger charge is -2.07. The van der Waals surface area contributed by atoms with E-state index >= 15 is 0 Å². The first-order valence-corrected chi connectivity index (χ1v) is 5.21. The highest BCUT2D eigenvalue weighted by Gasteiger charge is 2.01. The molecule has 1 aromatic carbocycles. The number of benzene rings is 1. The molecule has 1 aromatic heterocycles. The summed E-state index contributed by atoms with van der Waals surface area (Å²) in [6.45, 7) is 3.18. The monoisotopic (exact) mass is 204 g/mol. The van der Waals surface area contributed by atoms with E-state index in [1.807, 2.05) is 6.20 Å². The van der Waals surface area contributed by atoms with Gasteiger partial charge < -0.3 is 15.4 Å². The number of aromatic nitrogens is 1. The average Bonchev–Trinajstić information content (AvgIpc) is 2.65. The Labute approximate surface area is 89.1 Å². The van der Waals surface area contributed by atoms with Crippen LogP contribution in [0.5, 0.6) is 0 Å². The number of aliphatic hydroxyl groups excluding tert-OH is 1. The Hall–Kier alpha value is -1.32. The van der Waals surface area contributed by atoms with Gasteiger partial charge in [0.2, 0.25) is 0 Å². The van der Waals surface area contributed by atoms with Crippen molar-refractivity contribution < 1.29 is 5.11 Å². The number of nitrogens with one attached hydrogen (secondary N) is 2. The molecule has 0 saturated heterocycles. The molecule has 0 bridgehead atoms. The minimum Gasteiger partial charge on any atom is -0.392 e. The topological polar surface area (TPSA) is 48.0 Å². The van der Waals surface area contributed by atoms with Crippen LogP contribution in [0.2, 0.25) is 0 Å². The maximum absolute atomic E-state index is 9.13. The summed E-state index contributed by atoms with van der Waals surface area (Å²) in [6, 6.07) is 8.29. The largest absolute Gasteiger partial charge is 0.392 e. The van der Waals surface area contributed by atoms with E-state index in [1.165, 1.54) is 16.5 Å². The lowest BCUT2D eigenvalue weighted by Crippen LogP contribution is -2.23. The molecular formula is C12H16N2O. The molecule has 15 heavy (non-hydrogen) atoms. The summed E-state index contributed by atoms with van der Waals surface area (Å²) in [5.74, 6) is 0. The zero-order valence-corrected chi connectivity index (χ0v) is 8.83. The van der Waals surface area contributed by atoms with Crippen molar-refractivity contribution in [3.8, 4) is 0 Å². The van der Waals surface area contributed by atoms with E-state index in [0.717, 1.165) is 6.54 Å². The molecule has 0 unspecified atom stereocenters. The molecule has 0 aliphatic heterocycles. The van der Waals surface area contributed by atoms with Crippen molar-refractivity contribution in [1.29, 1.82) is 0 Å². The molecular weight excluding hydrogens is 188 g/mol. The van der Waals surface area contributed by atoms with Gasteiger partial charge in [0.25, 0.3) is 0 Å². The lowest BCUT2D eigenvalue weighted by atomic mass is 10.1. The highest BCUT2D eigenvalue weighted by Crippen LogP contribution is 2.16.